The summed E-state index contributed by atoms with van der Waals surface area (Å²) in [4.78, 5) is 60.3. The van der Waals surface area contributed by atoms with Gasteiger partial charge in [-0.1, -0.05) is 0 Å². The summed E-state index contributed by atoms with van der Waals surface area (Å²) >= 11 is 0. The molecule has 0 aromatic heterocycles. The fraction of sp³-hybridized carbons (Fsp3) is 0.267. The molecule has 0 bridgehead atoms. The third-order valence-electron chi connectivity index (χ3n) is 3.91. The van der Waals surface area contributed by atoms with Crippen molar-refractivity contribution in [1.29, 1.82) is 0 Å². The standard InChI is InChI=1S/C15H14N4O5/c16-6-12(21)17-7-1-2-8-9(5-7)15(24)19(14(8)23)10-3-4-11(20)18-13(10)22/h1-2,5,10H,3-4,6,16H2,(H,17,21)(H,18,20,22). The van der Waals surface area contributed by atoms with E-state index in [1.807, 2.05) is 0 Å². The monoisotopic (exact) mass is 330 g/mol. The average Bonchev–Trinajstić information content (AvgIpc) is 2.79. The highest BCUT2D eigenvalue weighted by atomic mass is 16.2. The molecule has 0 radical (unpaired) electrons. The van der Waals surface area contributed by atoms with Gasteiger partial charge in [0.15, 0.2) is 0 Å². The van der Waals surface area contributed by atoms with Crippen LogP contribution in [-0.2, 0) is 14.4 Å². The molecule has 2 heterocycles. The van der Waals surface area contributed by atoms with E-state index in [0.29, 0.717) is 5.69 Å². The molecule has 4 N–H and O–H groups in total. The molecule has 1 aromatic carbocycles. The molecule has 9 nitrogen and oxygen atoms in total. The molecular formula is C15H14N4O5. The van der Waals surface area contributed by atoms with Crippen LogP contribution >= 0.6 is 0 Å². The lowest BCUT2D eigenvalue weighted by atomic mass is 10.0. The molecule has 5 amide bonds. The fourth-order valence-electron chi connectivity index (χ4n) is 2.76. The first-order valence-electron chi connectivity index (χ1n) is 7.28. The summed E-state index contributed by atoms with van der Waals surface area (Å²) in [5, 5.41) is 4.62. The van der Waals surface area contributed by atoms with Gasteiger partial charge in [0.1, 0.15) is 6.04 Å². The van der Waals surface area contributed by atoms with Crippen LogP contribution in [0.1, 0.15) is 33.6 Å². The van der Waals surface area contributed by atoms with Gasteiger partial charge in [-0.3, -0.25) is 34.2 Å². The van der Waals surface area contributed by atoms with E-state index in [1.54, 1.807) is 0 Å². The summed E-state index contributed by atoms with van der Waals surface area (Å²) < 4.78 is 0. The van der Waals surface area contributed by atoms with Crippen molar-refractivity contribution in [3.8, 4) is 0 Å². The summed E-state index contributed by atoms with van der Waals surface area (Å²) in [5.41, 5.74) is 5.79. The molecule has 0 saturated carbocycles. The average molecular weight is 330 g/mol. The number of carbonyl (C=O) groups excluding carboxylic acids is 5. The van der Waals surface area contributed by atoms with Crippen molar-refractivity contribution in [2.45, 2.75) is 18.9 Å². The maximum absolute atomic E-state index is 12.5. The van der Waals surface area contributed by atoms with Crippen LogP contribution in [-0.4, -0.2) is 47.0 Å². The molecule has 0 aliphatic carbocycles. The Morgan fingerprint density at radius 1 is 1.21 bits per heavy atom. The molecular weight excluding hydrogens is 316 g/mol. The van der Waals surface area contributed by atoms with E-state index in [-0.39, 0.29) is 30.5 Å². The van der Waals surface area contributed by atoms with Gasteiger partial charge in [-0.25, -0.2) is 0 Å². The van der Waals surface area contributed by atoms with Crippen molar-refractivity contribution in [2.24, 2.45) is 5.73 Å². The zero-order chi connectivity index (χ0) is 17.4. The normalized spacial score (nSPS) is 20.0. The number of fused-ring (bicyclic) bond motifs is 1. The van der Waals surface area contributed by atoms with Crippen LogP contribution in [0.4, 0.5) is 5.69 Å². The number of nitrogens with one attached hydrogen (secondary N) is 2. The van der Waals surface area contributed by atoms with E-state index in [2.05, 4.69) is 10.6 Å². The van der Waals surface area contributed by atoms with Crippen LogP contribution in [0, 0.1) is 0 Å². The van der Waals surface area contributed by atoms with Crippen LogP contribution < -0.4 is 16.4 Å². The third kappa shape index (κ3) is 2.54. The number of benzene rings is 1. The molecule has 1 atom stereocenters. The van der Waals surface area contributed by atoms with Gasteiger partial charge in [0.05, 0.1) is 17.7 Å². The van der Waals surface area contributed by atoms with Gasteiger partial charge in [-0.2, -0.15) is 0 Å². The van der Waals surface area contributed by atoms with E-state index in [4.69, 9.17) is 5.73 Å². The number of carbonyl (C=O) groups is 5. The predicted molar refractivity (Wildman–Crippen MR) is 80.8 cm³/mol. The summed E-state index contributed by atoms with van der Waals surface area (Å²) in [6.45, 7) is -0.216. The van der Waals surface area contributed by atoms with Crippen LogP contribution in [0.15, 0.2) is 18.2 Å². The van der Waals surface area contributed by atoms with E-state index in [1.165, 1.54) is 18.2 Å². The van der Waals surface area contributed by atoms with Gasteiger partial charge >= 0.3 is 0 Å². The quantitative estimate of drug-likeness (QED) is 0.607. The summed E-state index contributed by atoms with van der Waals surface area (Å²) in [7, 11) is 0. The van der Waals surface area contributed by atoms with Gasteiger partial charge in [0.25, 0.3) is 11.8 Å². The largest absolute Gasteiger partial charge is 0.325 e. The van der Waals surface area contributed by atoms with Crippen LogP contribution in [0.3, 0.4) is 0 Å². The Hall–Kier alpha value is -3.07. The topological polar surface area (TPSA) is 139 Å². The highest BCUT2D eigenvalue weighted by molar-refractivity contribution is 6.23. The highest BCUT2D eigenvalue weighted by Crippen LogP contribution is 2.29. The molecule has 0 spiro atoms. The number of piperidine rings is 1. The zero-order valence-electron chi connectivity index (χ0n) is 12.5. The SMILES string of the molecule is NCC(=O)Nc1ccc2c(c1)C(=O)N(C1CCC(=O)NC1=O)C2=O. The number of hydrogen-bond acceptors (Lipinski definition) is 6. The molecule has 2 aliphatic rings. The van der Waals surface area contributed by atoms with Crippen molar-refractivity contribution in [2.75, 3.05) is 11.9 Å². The number of imide groups is 2. The van der Waals surface area contributed by atoms with Gasteiger partial charge in [0, 0.05) is 12.1 Å². The Labute approximate surface area is 136 Å². The maximum Gasteiger partial charge on any atom is 0.262 e. The smallest absolute Gasteiger partial charge is 0.262 e. The van der Waals surface area contributed by atoms with E-state index in [0.717, 1.165) is 4.90 Å². The van der Waals surface area contributed by atoms with Gasteiger partial charge in [-0.05, 0) is 24.6 Å². The van der Waals surface area contributed by atoms with Crippen molar-refractivity contribution in [3.05, 3.63) is 29.3 Å². The number of rotatable bonds is 3. The van der Waals surface area contributed by atoms with Crippen LogP contribution in [0.5, 0.6) is 0 Å². The predicted octanol–water partition coefficient (Wildman–Crippen LogP) is -1.02. The van der Waals surface area contributed by atoms with Gasteiger partial charge in [0.2, 0.25) is 17.7 Å². The molecule has 1 aromatic rings. The molecule has 3 rings (SSSR count). The minimum absolute atomic E-state index is 0.0572. The Balaban J connectivity index is 1.89. The first-order valence-corrected chi connectivity index (χ1v) is 7.28. The number of nitrogens with zero attached hydrogens (tertiary/aromatic N) is 1. The molecule has 1 fully saturated rings. The lowest BCUT2D eigenvalue weighted by molar-refractivity contribution is -0.136. The second kappa shape index (κ2) is 5.85. The number of hydrogen-bond donors (Lipinski definition) is 3. The van der Waals surface area contributed by atoms with Gasteiger partial charge in [-0.15, -0.1) is 0 Å². The van der Waals surface area contributed by atoms with Crippen molar-refractivity contribution in [1.82, 2.24) is 10.2 Å². The second-order valence-corrected chi connectivity index (χ2v) is 5.46. The lowest BCUT2D eigenvalue weighted by Crippen LogP contribution is -2.54. The number of anilines is 1. The minimum atomic E-state index is -1.02. The first kappa shape index (κ1) is 15.8. The van der Waals surface area contributed by atoms with E-state index < -0.39 is 35.6 Å². The Morgan fingerprint density at radius 2 is 1.92 bits per heavy atom. The Morgan fingerprint density at radius 3 is 2.58 bits per heavy atom. The summed E-state index contributed by atoms with van der Waals surface area (Å²) in [6.07, 6.45) is 0.147. The summed E-state index contributed by atoms with van der Waals surface area (Å²) in [6, 6.07) is 3.24. The van der Waals surface area contributed by atoms with Crippen molar-refractivity contribution in [3.63, 3.8) is 0 Å². The molecule has 2 aliphatic heterocycles. The maximum atomic E-state index is 12.5. The Kier molecular flexibility index (Phi) is 3.86. The molecule has 1 saturated heterocycles. The number of amides is 5. The molecule has 9 heteroatoms. The lowest BCUT2D eigenvalue weighted by Gasteiger charge is -2.27. The first-order chi connectivity index (χ1) is 11.4. The zero-order valence-corrected chi connectivity index (χ0v) is 12.5. The Bertz CT molecular complexity index is 788. The summed E-state index contributed by atoms with van der Waals surface area (Å²) in [5.74, 6) is -2.76. The van der Waals surface area contributed by atoms with E-state index >= 15 is 0 Å². The molecule has 124 valence electrons. The van der Waals surface area contributed by atoms with Crippen molar-refractivity contribution >= 4 is 35.2 Å². The number of nitrogens with two attached hydrogens (primary N) is 1. The molecule has 24 heavy (non-hydrogen) atoms. The van der Waals surface area contributed by atoms with Gasteiger partial charge < -0.3 is 11.1 Å². The van der Waals surface area contributed by atoms with Crippen molar-refractivity contribution < 1.29 is 24.0 Å². The minimum Gasteiger partial charge on any atom is -0.325 e. The van der Waals surface area contributed by atoms with Crippen LogP contribution in [0.2, 0.25) is 0 Å². The third-order valence-corrected chi connectivity index (χ3v) is 3.91. The fourth-order valence-corrected chi connectivity index (χ4v) is 2.76. The highest BCUT2D eigenvalue weighted by Gasteiger charge is 2.44. The van der Waals surface area contributed by atoms with Crippen LogP contribution in [0.25, 0.3) is 0 Å². The van der Waals surface area contributed by atoms with E-state index in [9.17, 15) is 24.0 Å². The second-order valence-electron chi connectivity index (χ2n) is 5.46. The molecule has 1 unspecified atom stereocenters.